The molecular weight excluding hydrogens is 200 g/mol. The molecule has 1 heterocycles. The van der Waals surface area contributed by atoms with Gasteiger partial charge in [0.2, 0.25) is 0 Å². The van der Waals surface area contributed by atoms with E-state index in [0.717, 1.165) is 25.3 Å². The normalized spacial score (nSPS) is 17.7. The highest BCUT2D eigenvalue weighted by atomic mass is 16.3. The van der Waals surface area contributed by atoms with Gasteiger partial charge in [0, 0.05) is 19.3 Å². The van der Waals surface area contributed by atoms with E-state index in [2.05, 4.69) is 16.8 Å². The van der Waals surface area contributed by atoms with Gasteiger partial charge in [-0.1, -0.05) is 13.0 Å². The maximum Gasteiger partial charge on any atom is 0.0695 e. The van der Waals surface area contributed by atoms with Gasteiger partial charge in [-0.15, -0.1) is 0 Å². The molecule has 16 heavy (non-hydrogen) atoms. The number of aliphatic hydroxyl groups is 1. The second-order valence-corrected chi connectivity index (χ2v) is 4.55. The molecule has 1 unspecified atom stereocenters. The van der Waals surface area contributed by atoms with E-state index < -0.39 is 0 Å². The molecule has 3 heteroatoms. The van der Waals surface area contributed by atoms with Crippen LogP contribution in [-0.2, 0) is 6.54 Å². The molecule has 88 valence electrons. The molecule has 0 saturated heterocycles. The van der Waals surface area contributed by atoms with Crippen molar-refractivity contribution in [2.24, 2.45) is 5.92 Å². The Balaban J connectivity index is 1.85. The number of hydrogen-bond donors (Lipinski definition) is 1. The lowest BCUT2D eigenvalue weighted by Crippen LogP contribution is -2.33. The second kappa shape index (κ2) is 5.41. The Morgan fingerprint density at radius 1 is 1.50 bits per heavy atom. The fourth-order valence-electron chi connectivity index (χ4n) is 1.92. The average Bonchev–Trinajstić information content (AvgIpc) is 3.13. The quantitative estimate of drug-likeness (QED) is 0.792. The lowest BCUT2D eigenvalue weighted by molar-refractivity contribution is 0.0937. The van der Waals surface area contributed by atoms with Gasteiger partial charge in [-0.2, -0.15) is 0 Å². The van der Waals surface area contributed by atoms with Gasteiger partial charge in [0.05, 0.1) is 11.8 Å². The van der Waals surface area contributed by atoms with Crippen LogP contribution in [0.15, 0.2) is 24.4 Å². The summed E-state index contributed by atoms with van der Waals surface area (Å²) in [6, 6.07) is 5.97. The molecule has 0 radical (unpaired) electrons. The van der Waals surface area contributed by atoms with Gasteiger partial charge in [0.15, 0.2) is 0 Å². The summed E-state index contributed by atoms with van der Waals surface area (Å²) in [5, 5.41) is 9.91. The number of nitrogens with zero attached hydrogens (tertiary/aromatic N) is 2. The largest absolute Gasteiger partial charge is 0.392 e. The van der Waals surface area contributed by atoms with Crippen LogP contribution in [0.3, 0.4) is 0 Å². The lowest BCUT2D eigenvalue weighted by atomic mass is 10.2. The first-order valence-electron chi connectivity index (χ1n) is 6.10. The van der Waals surface area contributed by atoms with Crippen molar-refractivity contribution in [3.05, 3.63) is 30.1 Å². The molecule has 0 aliphatic heterocycles. The Bertz CT molecular complexity index is 311. The monoisotopic (exact) mass is 220 g/mol. The first-order chi connectivity index (χ1) is 7.79. The summed E-state index contributed by atoms with van der Waals surface area (Å²) in [6.45, 7) is 4.70. The SMILES string of the molecule is CCN(Cc1ccccn1)CC(O)C1CC1. The standard InChI is InChI=1S/C13H20N2O/c1-2-15(10-13(16)11-6-7-11)9-12-5-3-4-8-14-12/h3-5,8,11,13,16H,2,6-7,9-10H2,1H3. The van der Waals surface area contributed by atoms with Gasteiger partial charge >= 0.3 is 0 Å². The summed E-state index contributed by atoms with van der Waals surface area (Å²) in [5.74, 6) is 0.554. The molecule has 1 N–H and O–H groups in total. The Hall–Kier alpha value is -0.930. The van der Waals surface area contributed by atoms with Crippen molar-refractivity contribution in [3.8, 4) is 0 Å². The number of pyridine rings is 1. The molecule has 1 aliphatic rings. The minimum absolute atomic E-state index is 0.149. The third-order valence-electron chi connectivity index (χ3n) is 3.17. The second-order valence-electron chi connectivity index (χ2n) is 4.55. The molecule has 1 fully saturated rings. The molecule has 0 spiro atoms. The van der Waals surface area contributed by atoms with E-state index in [1.165, 1.54) is 12.8 Å². The van der Waals surface area contributed by atoms with E-state index in [0.29, 0.717) is 5.92 Å². The molecular formula is C13H20N2O. The number of aliphatic hydroxyl groups excluding tert-OH is 1. The molecule has 0 bridgehead atoms. The van der Waals surface area contributed by atoms with Crippen LogP contribution in [-0.4, -0.2) is 34.2 Å². The maximum absolute atomic E-state index is 9.91. The highest BCUT2D eigenvalue weighted by Crippen LogP contribution is 2.32. The van der Waals surface area contributed by atoms with Crippen molar-refractivity contribution in [1.82, 2.24) is 9.88 Å². The summed E-state index contributed by atoms with van der Waals surface area (Å²) in [5.41, 5.74) is 1.08. The van der Waals surface area contributed by atoms with Gasteiger partial charge in [-0.25, -0.2) is 0 Å². The third-order valence-corrected chi connectivity index (χ3v) is 3.17. The van der Waals surface area contributed by atoms with E-state index in [-0.39, 0.29) is 6.10 Å². The van der Waals surface area contributed by atoms with Crippen LogP contribution in [0.2, 0.25) is 0 Å². The fraction of sp³-hybridized carbons (Fsp3) is 0.615. The number of likely N-dealkylation sites (N-methyl/N-ethyl adjacent to an activating group) is 1. The zero-order chi connectivity index (χ0) is 11.4. The Morgan fingerprint density at radius 2 is 2.31 bits per heavy atom. The van der Waals surface area contributed by atoms with Crippen molar-refractivity contribution in [2.75, 3.05) is 13.1 Å². The van der Waals surface area contributed by atoms with Gasteiger partial charge in [-0.3, -0.25) is 9.88 Å². The van der Waals surface area contributed by atoms with E-state index in [1.54, 1.807) is 0 Å². The van der Waals surface area contributed by atoms with Crippen molar-refractivity contribution in [3.63, 3.8) is 0 Å². The summed E-state index contributed by atoms with van der Waals surface area (Å²) >= 11 is 0. The van der Waals surface area contributed by atoms with Gasteiger partial charge in [0.25, 0.3) is 0 Å². The molecule has 1 aromatic heterocycles. The minimum atomic E-state index is -0.149. The van der Waals surface area contributed by atoms with E-state index in [1.807, 2.05) is 24.4 Å². The minimum Gasteiger partial charge on any atom is -0.392 e. The number of hydrogen-bond acceptors (Lipinski definition) is 3. The lowest BCUT2D eigenvalue weighted by Gasteiger charge is -2.23. The third kappa shape index (κ3) is 3.29. The molecule has 1 aromatic rings. The fourth-order valence-corrected chi connectivity index (χ4v) is 1.92. The highest BCUT2D eigenvalue weighted by Gasteiger charge is 2.30. The molecule has 2 rings (SSSR count). The first kappa shape index (κ1) is 11.6. The van der Waals surface area contributed by atoms with Crippen molar-refractivity contribution >= 4 is 0 Å². The summed E-state index contributed by atoms with van der Waals surface area (Å²) in [4.78, 5) is 6.57. The first-order valence-corrected chi connectivity index (χ1v) is 6.10. The van der Waals surface area contributed by atoms with E-state index >= 15 is 0 Å². The van der Waals surface area contributed by atoms with Crippen LogP contribution in [0.1, 0.15) is 25.5 Å². The van der Waals surface area contributed by atoms with E-state index in [4.69, 9.17) is 0 Å². The van der Waals surface area contributed by atoms with Crippen LogP contribution in [0.5, 0.6) is 0 Å². The van der Waals surface area contributed by atoms with Gasteiger partial charge < -0.3 is 5.11 Å². The van der Waals surface area contributed by atoms with Gasteiger partial charge in [-0.05, 0) is 37.4 Å². The van der Waals surface area contributed by atoms with E-state index in [9.17, 15) is 5.11 Å². The topological polar surface area (TPSA) is 36.4 Å². The molecule has 1 saturated carbocycles. The van der Waals surface area contributed by atoms with Crippen LogP contribution in [0, 0.1) is 5.92 Å². The Labute approximate surface area is 97.1 Å². The molecule has 0 aromatic carbocycles. The molecule has 3 nitrogen and oxygen atoms in total. The average molecular weight is 220 g/mol. The van der Waals surface area contributed by atoms with Crippen molar-refractivity contribution < 1.29 is 5.11 Å². The highest BCUT2D eigenvalue weighted by molar-refractivity contribution is 5.03. The van der Waals surface area contributed by atoms with Crippen LogP contribution < -0.4 is 0 Å². The molecule has 1 atom stereocenters. The number of rotatable bonds is 6. The van der Waals surface area contributed by atoms with Crippen LogP contribution in [0.4, 0.5) is 0 Å². The van der Waals surface area contributed by atoms with Crippen molar-refractivity contribution in [2.45, 2.75) is 32.4 Å². The Kier molecular flexibility index (Phi) is 3.91. The number of aromatic nitrogens is 1. The predicted octanol–water partition coefficient (Wildman–Crippen LogP) is 1.67. The predicted molar refractivity (Wildman–Crippen MR) is 63.9 cm³/mol. The molecule has 0 amide bonds. The van der Waals surface area contributed by atoms with Crippen LogP contribution >= 0.6 is 0 Å². The van der Waals surface area contributed by atoms with Gasteiger partial charge in [0.1, 0.15) is 0 Å². The van der Waals surface area contributed by atoms with Crippen LogP contribution in [0.25, 0.3) is 0 Å². The van der Waals surface area contributed by atoms with Crippen molar-refractivity contribution in [1.29, 1.82) is 0 Å². The zero-order valence-corrected chi connectivity index (χ0v) is 9.84. The maximum atomic E-state index is 9.91. The smallest absolute Gasteiger partial charge is 0.0695 e. The Morgan fingerprint density at radius 3 is 2.88 bits per heavy atom. The zero-order valence-electron chi connectivity index (χ0n) is 9.84. The summed E-state index contributed by atoms with van der Waals surface area (Å²) < 4.78 is 0. The summed E-state index contributed by atoms with van der Waals surface area (Å²) in [7, 11) is 0. The molecule has 1 aliphatic carbocycles. The summed E-state index contributed by atoms with van der Waals surface area (Å²) in [6.07, 6.45) is 4.06.